The topological polar surface area (TPSA) is 0 Å². The molecule has 0 bridgehead atoms. The van der Waals surface area contributed by atoms with E-state index in [1.165, 1.54) is 12.0 Å². The molecule has 0 nitrogen and oxygen atoms in total. The third-order valence-electron chi connectivity index (χ3n) is 3.14. The fourth-order valence-electron chi connectivity index (χ4n) is 1.57. The van der Waals surface area contributed by atoms with Gasteiger partial charge in [-0.1, -0.05) is 52.8 Å². The molecule has 0 radical (unpaired) electrons. The molecule has 74 valence electrons. The summed E-state index contributed by atoms with van der Waals surface area (Å²) in [5.41, 5.74) is 1.90. The summed E-state index contributed by atoms with van der Waals surface area (Å²) in [6.07, 6.45) is 8.26. The van der Waals surface area contributed by atoms with E-state index in [9.17, 15) is 0 Å². The average molecular weight is 178 g/mol. The minimum absolute atomic E-state index is 0.386. The summed E-state index contributed by atoms with van der Waals surface area (Å²) in [7, 11) is 0. The fraction of sp³-hybridized carbons (Fsp3) is 0.692. The van der Waals surface area contributed by atoms with Crippen molar-refractivity contribution in [1.29, 1.82) is 0 Å². The maximum Gasteiger partial charge on any atom is -0.0145 e. The van der Waals surface area contributed by atoms with Crippen molar-refractivity contribution < 1.29 is 0 Å². The number of rotatable bonds is 1. The Morgan fingerprint density at radius 2 is 2.00 bits per heavy atom. The SMILES string of the molecule is CC1C=CC(C(C)C(C)(C)C)=CC1. The summed E-state index contributed by atoms with van der Waals surface area (Å²) in [6.45, 7) is 11.5. The van der Waals surface area contributed by atoms with Gasteiger partial charge < -0.3 is 0 Å². The van der Waals surface area contributed by atoms with E-state index >= 15 is 0 Å². The van der Waals surface area contributed by atoms with Crippen molar-refractivity contribution in [2.24, 2.45) is 17.3 Å². The quantitative estimate of drug-likeness (QED) is 0.564. The third-order valence-corrected chi connectivity index (χ3v) is 3.14. The Bertz CT molecular complexity index is 225. The van der Waals surface area contributed by atoms with Crippen molar-refractivity contribution >= 4 is 0 Å². The molecule has 0 aromatic rings. The molecule has 0 heteroatoms. The smallest absolute Gasteiger partial charge is 0.0145 e. The third kappa shape index (κ3) is 2.72. The number of hydrogen-bond donors (Lipinski definition) is 0. The highest BCUT2D eigenvalue weighted by Gasteiger charge is 2.23. The van der Waals surface area contributed by atoms with Gasteiger partial charge in [-0.15, -0.1) is 0 Å². The molecule has 0 saturated carbocycles. The second-order valence-corrected chi connectivity index (χ2v) is 5.36. The molecule has 0 N–H and O–H groups in total. The normalized spacial score (nSPS) is 25.6. The van der Waals surface area contributed by atoms with Crippen LogP contribution in [0.5, 0.6) is 0 Å². The molecule has 13 heavy (non-hydrogen) atoms. The summed E-state index contributed by atoms with van der Waals surface area (Å²) < 4.78 is 0. The molecule has 2 atom stereocenters. The zero-order chi connectivity index (χ0) is 10.1. The number of allylic oxidation sites excluding steroid dienone is 4. The van der Waals surface area contributed by atoms with Gasteiger partial charge in [-0.05, 0) is 29.2 Å². The van der Waals surface area contributed by atoms with Gasteiger partial charge in [-0.2, -0.15) is 0 Å². The second kappa shape index (κ2) is 3.69. The summed E-state index contributed by atoms with van der Waals surface area (Å²) in [5, 5.41) is 0. The molecular formula is C13H22. The van der Waals surface area contributed by atoms with Crippen LogP contribution in [0.15, 0.2) is 23.8 Å². The van der Waals surface area contributed by atoms with E-state index in [1.807, 2.05) is 0 Å². The van der Waals surface area contributed by atoms with Crippen LogP contribution in [0.2, 0.25) is 0 Å². The maximum absolute atomic E-state index is 2.40. The molecule has 0 fully saturated rings. The van der Waals surface area contributed by atoms with Crippen molar-refractivity contribution in [2.75, 3.05) is 0 Å². The lowest BCUT2D eigenvalue weighted by Crippen LogP contribution is -2.19. The predicted octanol–water partition coefficient (Wildman–Crippen LogP) is 4.19. The monoisotopic (exact) mass is 178 g/mol. The van der Waals surface area contributed by atoms with E-state index in [4.69, 9.17) is 0 Å². The molecular weight excluding hydrogens is 156 g/mol. The molecule has 0 aromatic carbocycles. The Balaban J connectivity index is 2.70. The zero-order valence-corrected chi connectivity index (χ0v) is 9.59. The van der Waals surface area contributed by atoms with Gasteiger partial charge in [0.1, 0.15) is 0 Å². The van der Waals surface area contributed by atoms with Crippen molar-refractivity contribution in [3.63, 3.8) is 0 Å². The van der Waals surface area contributed by atoms with Gasteiger partial charge in [-0.3, -0.25) is 0 Å². The van der Waals surface area contributed by atoms with Crippen LogP contribution in [-0.4, -0.2) is 0 Å². The molecule has 0 heterocycles. The van der Waals surface area contributed by atoms with Crippen LogP contribution in [-0.2, 0) is 0 Å². The summed E-state index contributed by atoms with van der Waals surface area (Å²) in [4.78, 5) is 0. The van der Waals surface area contributed by atoms with E-state index in [1.54, 1.807) is 0 Å². The Hall–Kier alpha value is -0.520. The van der Waals surface area contributed by atoms with E-state index in [0.29, 0.717) is 11.3 Å². The van der Waals surface area contributed by atoms with E-state index < -0.39 is 0 Å². The first-order chi connectivity index (χ1) is 5.91. The Kier molecular flexibility index (Phi) is 3.00. The Morgan fingerprint density at radius 3 is 2.38 bits per heavy atom. The number of hydrogen-bond acceptors (Lipinski definition) is 0. The molecule has 0 aromatic heterocycles. The second-order valence-electron chi connectivity index (χ2n) is 5.36. The molecule has 0 saturated heterocycles. The summed E-state index contributed by atoms with van der Waals surface area (Å²) >= 11 is 0. The highest BCUT2D eigenvalue weighted by molar-refractivity contribution is 5.26. The molecule has 0 amide bonds. The van der Waals surface area contributed by atoms with E-state index in [-0.39, 0.29) is 0 Å². The van der Waals surface area contributed by atoms with Gasteiger partial charge in [-0.25, -0.2) is 0 Å². The summed E-state index contributed by atoms with van der Waals surface area (Å²) in [5.74, 6) is 1.40. The lowest BCUT2D eigenvalue weighted by Gasteiger charge is -2.30. The maximum atomic E-state index is 2.40. The first-order valence-corrected chi connectivity index (χ1v) is 5.29. The largest absolute Gasteiger partial charge is 0.0811 e. The zero-order valence-electron chi connectivity index (χ0n) is 9.59. The van der Waals surface area contributed by atoms with Crippen molar-refractivity contribution in [3.8, 4) is 0 Å². The van der Waals surface area contributed by atoms with Crippen LogP contribution in [0.25, 0.3) is 0 Å². The minimum atomic E-state index is 0.386. The molecule has 1 rings (SSSR count). The molecule has 0 spiro atoms. The molecule has 1 aliphatic carbocycles. The van der Waals surface area contributed by atoms with Crippen molar-refractivity contribution in [3.05, 3.63) is 23.8 Å². The van der Waals surface area contributed by atoms with Crippen LogP contribution in [0.1, 0.15) is 41.0 Å². The van der Waals surface area contributed by atoms with Crippen LogP contribution in [0.4, 0.5) is 0 Å². The van der Waals surface area contributed by atoms with Crippen LogP contribution >= 0.6 is 0 Å². The van der Waals surface area contributed by atoms with Crippen molar-refractivity contribution in [2.45, 2.75) is 41.0 Å². The lowest BCUT2D eigenvalue weighted by atomic mass is 9.75. The fourth-order valence-corrected chi connectivity index (χ4v) is 1.57. The first-order valence-electron chi connectivity index (χ1n) is 5.29. The Morgan fingerprint density at radius 1 is 1.38 bits per heavy atom. The van der Waals surface area contributed by atoms with Crippen LogP contribution < -0.4 is 0 Å². The Labute approximate surface area is 82.7 Å². The van der Waals surface area contributed by atoms with E-state index in [0.717, 1.165) is 5.92 Å². The first kappa shape index (κ1) is 10.6. The lowest BCUT2D eigenvalue weighted by molar-refractivity contribution is 0.303. The minimum Gasteiger partial charge on any atom is -0.0811 e. The standard InChI is InChI=1S/C13H22/c1-10-6-8-12(9-7-10)11(2)13(3,4)5/h6,8-11H,7H2,1-5H3. The highest BCUT2D eigenvalue weighted by atomic mass is 14.3. The average Bonchev–Trinajstić information content (AvgIpc) is 2.03. The molecule has 1 aliphatic rings. The van der Waals surface area contributed by atoms with Crippen molar-refractivity contribution in [1.82, 2.24) is 0 Å². The van der Waals surface area contributed by atoms with Gasteiger partial charge in [0.05, 0.1) is 0 Å². The van der Waals surface area contributed by atoms with Gasteiger partial charge in [0, 0.05) is 0 Å². The van der Waals surface area contributed by atoms with Crippen LogP contribution in [0, 0.1) is 17.3 Å². The van der Waals surface area contributed by atoms with Gasteiger partial charge >= 0.3 is 0 Å². The molecule has 2 unspecified atom stereocenters. The predicted molar refractivity (Wildman–Crippen MR) is 59.6 cm³/mol. The molecule has 0 aliphatic heterocycles. The van der Waals surface area contributed by atoms with Gasteiger partial charge in [0.15, 0.2) is 0 Å². The highest BCUT2D eigenvalue weighted by Crippen LogP contribution is 2.34. The van der Waals surface area contributed by atoms with Gasteiger partial charge in [0.2, 0.25) is 0 Å². The van der Waals surface area contributed by atoms with Crippen LogP contribution in [0.3, 0.4) is 0 Å². The van der Waals surface area contributed by atoms with E-state index in [2.05, 4.69) is 52.8 Å². The summed E-state index contributed by atoms with van der Waals surface area (Å²) in [6, 6.07) is 0. The van der Waals surface area contributed by atoms with Gasteiger partial charge in [0.25, 0.3) is 0 Å².